The van der Waals surface area contributed by atoms with E-state index in [9.17, 15) is 5.11 Å². The van der Waals surface area contributed by atoms with E-state index in [0.717, 1.165) is 36.1 Å². The Morgan fingerprint density at radius 3 is 3.00 bits per heavy atom. The lowest BCUT2D eigenvalue weighted by molar-refractivity contribution is 0.266. The molecule has 0 spiro atoms. The fourth-order valence-electron chi connectivity index (χ4n) is 2.56. The molecule has 1 aliphatic heterocycles. The molecule has 1 aromatic carbocycles. The van der Waals surface area contributed by atoms with E-state index in [1.165, 1.54) is 0 Å². The van der Waals surface area contributed by atoms with Crippen molar-refractivity contribution in [2.75, 3.05) is 18.1 Å². The van der Waals surface area contributed by atoms with Gasteiger partial charge in [-0.2, -0.15) is 4.98 Å². The third kappa shape index (κ3) is 1.91. The quantitative estimate of drug-likeness (QED) is 0.845. The van der Waals surface area contributed by atoms with Crippen LogP contribution in [0.1, 0.15) is 12.8 Å². The van der Waals surface area contributed by atoms with Gasteiger partial charge in [0.25, 0.3) is 0 Å². The van der Waals surface area contributed by atoms with E-state index < -0.39 is 0 Å². The minimum atomic E-state index is 0.138. The molecule has 4 nitrogen and oxygen atoms in total. The van der Waals surface area contributed by atoms with Crippen molar-refractivity contribution in [2.45, 2.75) is 18.9 Å². The molecule has 3 rings (SSSR count). The molecule has 0 radical (unpaired) electrons. The number of anilines is 1. The van der Waals surface area contributed by atoms with E-state index in [4.69, 9.17) is 11.6 Å². The van der Waals surface area contributed by atoms with Gasteiger partial charge in [-0.15, -0.1) is 0 Å². The Morgan fingerprint density at radius 1 is 1.33 bits per heavy atom. The topological polar surface area (TPSA) is 49.2 Å². The summed E-state index contributed by atoms with van der Waals surface area (Å²) in [6, 6.07) is 7.96. The number of aliphatic hydroxyl groups is 1. The maximum atomic E-state index is 9.42. The smallest absolute Gasteiger partial charge is 0.224 e. The van der Waals surface area contributed by atoms with Crippen molar-refractivity contribution in [3.05, 3.63) is 29.5 Å². The molecule has 0 saturated carbocycles. The number of hydrogen-bond donors (Lipinski definition) is 1. The van der Waals surface area contributed by atoms with Crippen LogP contribution in [0.3, 0.4) is 0 Å². The standard InChI is InChI=1S/C13H14ClN3O/c14-13-15-11-6-2-1-5-10(11)12(16-13)17-7-3-4-9(17)8-18/h1-2,5-6,9,18H,3-4,7-8H2/t9-/m1/s1. The minimum Gasteiger partial charge on any atom is -0.394 e. The van der Waals surface area contributed by atoms with E-state index in [2.05, 4.69) is 14.9 Å². The molecular weight excluding hydrogens is 250 g/mol. The average Bonchev–Trinajstić information content (AvgIpc) is 2.85. The molecule has 1 atom stereocenters. The summed E-state index contributed by atoms with van der Waals surface area (Å²) in [6.07, 6.45) is 2.06. The number of fused-ring (bicyclic) bond motifs is 1. The number of benzene rings is 1. The first-order valence-corrected chi connectivity index (χ1v) is 6.47. The van der Waals surface area contributed by atoms with Gasteiger partial charge in [0.1, 0.15) is 5.82 Å². The van der Waals surface area contributed by atoms with Crippen molar-refractivity contribution in [3.8, 4) is 0 Å². The summed E-state index contributed by atoms with van der Waals surface area (Å²) in [5, 5.41) is 10.7. The number of aromatic nitrogens is 2. The molecule has 1 aliphatic rings. The summed E-state index contributed by atoms with van der Waals surface area (Å²) in [7, 11) is 0. The summed E-state index contributed by atoms with van der Waals surface area (Å²) < 4.78 is 0. The van der Waals surface area contributed by atoms with Gasteiger partial charge >= 0.3 is 0 Å². The highest BCUT2D eigenvalue weighted by Crippen LogP contribution is 2.30. The van der Waals surface area contributed by atoms with E-state index in [1.54, 1.807) is 0 Å². The Kier molecular flexibility index (Phi) is 3.06. The van der Waals surface area contributed by atoms with Gasteiger partial charge in [-0.3, -0.25) is 0 Å². The first kappa shape index (κ1) is 11.7. The van der Waals surface area contributed by atoms with Crippen molar-refractivity contribution in [2.24, 2.45) is 0 Å². The lowest BCUT2D eigenvalue weighted by Crippen LogP contribution is -2.33. The van der Waals surface area contributed by atoms with Gasteiger partial charge in [-0.25, -0.2) is 4.98 Å². The highest BCUT2D eigenvalue weighted by atomic mass is 35.5. The Hall–Kier alpha value is -1.39. The van der Waals surface area contributed by atoms with Crippen molar-refractivity contribution >= 4 is 28.3 Å². The lowest BCUT2D eigenvalue weighted by atomic mass is 10.2. The molecule has 2 heterocycles. The fraction of sp³-hybridized carbons (Fsp3) is 0.385. The Labute approximate surface area is 110 Å². The normalized spacial score (nSPS) is 19.7. The second-order valence-electron chi connectivity index (χ2n) is 4.51. The maximum Gasteiger partial charge on any atom is 0.224 e. The first-order chi connectivity index (χ1) is 8.79. The highest BCUT2D eigenvalue weighted by molar-refractivity contribution is 6.28. The summed E-state index contributed by atoms with van der Waals surface area (Å²) in [4.78, 5) is 10.7. The Morgan fingerprint density at radius 2 is 2.17 bits per heavy atom. The van der Waals surface area contributed by atoms with Gasteiger partial charge in [0.05, 0.1) is 18.2 Å². The van der Waals surface area contributed by atoms with Crippen LogP contribution < -0.4 is 4.90 Å². The molecule has 1 saturated heterocycles. The molecule has 18 heavy (non-hydrogen) atoms. The summed E-state index contributed by atoms with van der Waals surface area (Å²) >= 11 is 5.98. The van der Waals surface area contributed by atoms with E-state index in [-0.39, 0.29) is 17.9 Å². The lowest BCUT2D eigenvalue weighted by Gasteiger charge is -2.25. The largest absolute Gasteiger partial charge is 0.394 e. The third-order valence-corrected chi connectivity index (χ3v) is 3.58. The van der Waals surface area contributed by atoms with Crippen molar-refractivity contribution in [1.29, 1.82) is 0 Å². The van der Waals surface area contributed by atoms with Crippen LogP contribution in [-0.4, -0.2) is 34.3 Å². The van der Waals surface area contributed by atoms with Crippen molar-refractivity contribution in [3.63, 3.8) is 0 Å². The van der Waals surface area contributed by atoms with Crippen LogP contribution in [0, 0.1) is 0 Å². The molecule has 0 amide bonds. The Bertz CT molecular complexity index is 575. The summed E-state index contributed by atoms with van der Waals surface area (Å²) in [5.74, 6) is 0.835. The van der Waals surface area contributed by atoms with Crippen LogP contribution in [0.25, 0.3) is 10.9 Å². The highest BCUT2D eigenvalue weighted by Gasteiger charge is 2.26. The molecule has 0 unspecified atom stereocenters. The zero-order valence-corrected chi connectivity index (χ0v) is 10.6. The van der Waals surface area contributed by atoms with Crippen LogP contribution in [0.5, 0.6) is 0 Å². The average molecular weight is 264 g/mol. The molecule has 1 N–H and O–H groups in total. The van der Waals surface area contributed by atoms with Crippen LogP contribution >= 0.6 is 11.6 Å². The molecule has 0 bridgehead atoms. The molecular formula is C13H14ClN3O. The number of rotatable bonds is 2. The summed E-state index contributed by atoms with van der Waals surface area (Å²) in [6.45, 7) is 1.05. The van der Waals surface area contributed by atoms with Crippen LogP contribution in [-0.2, 0) is 0 Å². The molecule has 2 aromatic rings. The van der Waals surface area contributed by atoms with Crippen molar-refractivity contribution < 1.29 is 5.11 Å². The SMILES string of the molecule is OC[C@H]1CCCN1c1nc(Cl)nc2ccccc12. The van der Waals surface area contributed by atoms with Crippen molar-refractivity contribution in [1.82, 2.24) is 9.97 Å². The van der Waals surface area contributed by atoms with Crippen LogP contribution in [0.4, 0.5) is 5.82 Å². The van der Waals surface area contributed by atoms with Gasteiger partial charge in [-0.1, -0.05) is 12.1 Å². The van der Waals surface area contributed by atoms with E-state index in [1.807, 2.05) is 24.3 Å². The predicted octanol–water partition coefficient (Wildman–Crippen LogP) is 2.24. The monoisotopic (exact) mass is 263 g/mol. The van der Waals surface area contributed by atoms with Gasteiger partial charge in [-0.05, 0) is 36.6 Å². The molecule has 1 fully saturated rings. The van der Waals surface area contributed by atoms with Crippen LogP contribution in [0.15, 0.2) is 24.3 Å². The molecule has 0 aliphatic carbocycles. The second-order valence-corrected chi connectivity index (χ2v) is 4.84. The number of hydrogen-bond acceptors (Lipinski definition) is 4. The molecule has 5 heteroatoms. The predicted molar refractivity (Wildman–Crippen MR) is 72.0 cm³/mol. The van der Waals surface area contributed by atoms with E-state index >= 15 is 0 Å². The number of para-hydroxylation sites is 1. The van der Waals surface area contributed by atoms with Gasteiger partial charge < -0.3 is 10.0 Å². The molecule has 1 aromatic heterocycles. The number of halogens is 1. The zero-order valence-electron chi connectivity index (χ0n) is 9.88. The Balaban J connectivity index is 2.15. The number of nitrogens with zero attached hydrogens (tertiary/aromatic N) is 3. The first-order valence-electron chi connectivity index (χ1n) is 6.09. The zero-order chi connectivity index (χ0) is 12.5. The van der Waals surface area contributed by atoms with Gasteiger partial charge in [0.2, 0.25) is 5.28 Å². The minimum absolute atomic E-state index is 0.138. The molecule has 94 valence electrons. The summed E-state index contributed by atoms with van der Waals surface area (Å²) in [5.41, 5.74) is 0.844. The second kappa shape index (κ2) is 4.71. The number of aliphatic hydroxyl groups excluding tert-OH is 1. The maximum absolute atomic E-state index is 9.42. The fourth-order valence-corrected chi connectivity index (χ4v) is 2.73. The van der Waals surface area contributed by atoms with Gasteiger partial charge in [0, 0.05) is 11.9 Å². The third-order valence-electron chi connectivity index (χ3n) is 3.42. The van der Waals surface area contributed by atoms with E-state index in [0.29, 0.717) is 0 Å². The van der Waals surface area contributed by atoms with Gasteiger partial charge in [0.15, 0.2) is 0 Å². The van der Waals surface area contributed by atoms with Crippen LogP contribution in [0.2, 0.25) is 5.28 Å².